The van der Waals surface area contributed by atoms with Crippen LogP contribution >= 0.6 is 0 Å². The molecule has 21 heavy (non-hydrogen) atoms. The van der Waals surface area contributed by atoms with Crippen molar-refractivity contribution in [2.75, 3.05) is 11.9 Å². The van der Waals surface area contributed by atoms with Gasteiger partial charge >= 0.3 is 0 Å². The first kappa shape index (κ1) is 15.4. The Balaban J connectivity index is 2.14. The summed E-state index contributed by atoms with van der Waals surface area (Å²) in [5, 5.41) is 3.31. The Kier molecular flexibility index (Phi) is 4.83. The highest BCUT2D eigenvalue weighted by Crippen LogP contribution is 2.24. The summed E-state index contributed by atoms with van der Waals surface area (Å²) < 4.78 is 11.2. The van der Waals surface area contributed by atoms with Crippen molar-refractivity contribution in [3.8, 4) is 5.88 Å². The van der Waals surface area contributed by atoms with Crippen LogP contribution in [0.1, 0.15) is 49.1 Å². The van der Waals surface area contributed by atoms with Crippen molar-refractivity contribution in [3.05, 3.63) is 34.9 Å². The minimum Gasteiger partial charge on any atom is -0.478 e. The third-order valence-electron chi connectivity index (χ3n) is 3.18. The molecule has 0 aromatic carbocycles. The first-order valence-corrected chi connectivity index (χ1v) is 7.31. The van der Waals surface area contributed by atoms with E-state index in [4.69, 9.17) is 9.15 Å². The Morgan fingerprint density at radius 3 is 2.62 bits per heavy atom. The summed E-state index contributed by atoms with van der Waals surface area (Å²) in [6, 6.07) is 3.96. The molecule has 1 unspecified atom stereocenters. The van der Waals surface area contributed by atoms with E-state index in [0.717, 1.165) is 29.2 Å². The van der Waals surface area contributed by atoms with Gasteiger partial charge < -0.3 is 14.5 Å². The van der Waals surface area contributed by atoms with Crippen molar-refractivity contribution >= 4 is 5.95 Å². The Morgan fingerprint density at radius 2 is 2.00 bits per heavy atom. The van der Waals surface area contributed by atoms with Crippen LogP contribution in [0.25, 0.3) is 0 Å². The normalized spacial score (nSPS) is 12.2. The predicted molar refractivity (Wildman–Crippen MR) is 82.8 cm³/mol. The molecule has 114 valence electrons. The summed E-state index contributed by atoms with van der Waals surface area (Å²) in [6.07, 6.45) is 0.954. The molecule has 5 heteroatoms. The molecule has 0 saturated carbocycles. The van der Waals surface area contributed by atoms with E-state index < -0.39 is 0 Å². The van der Waals surface area contributed by atoms with Gasteiger partial charge in [0.15, 0.2) is 0 Å². The minimum atomic E-state index is 0.0725. The summed E-state index contributed by atoms with van der Waals surface area (Å²) in [7, 11) is 0. The summed E-state index contributed by atoms with van der Waals surface area (Å²) in [5.74, 6) is 3.02. The van der Waals surface area contributed by atoms with E-state index in [1.165, 1.54) is 0 Å². The van der Waals surface area contributed by atoms with Crippen molar-refractivity contribution in [2.24, 2.45) is 0 Å². The van der Waals surface area contributed by atoms with Crippen LogP contribution < -0.4 is 10.1 Å². The molecule has 1 N–H and O–H groups in total. The first-order valence-electron chi connectivity index (χ1n) is 7.31. The van der Waals surface area contributed by atoms with Gasteiger partial charge in [0.1, 0.15) is 11.5 Å². The van der Waals surface area contributed by atoms with Gasteiger partial charge in [-0.1, -0.05) is 6.92 Å². The Labute approximate surface area is 125 Å². The lowest BCUT2D eigenvalue weighted by atomic mass is 10.1. The molecule has 0 spiro atoms. The lowest BCUT2D eigenvalue weighted by Gasteiger charge is -2.14. The number of ether oxygens (including phenoxy) is 1. The van der Waals surface area contributed by atoms with E-state index >= 15 is 0 Å². The molecule has 2 aromatic heterocycles. The zero-order chi connectivity index (χ0) is 15.4. The van der Waals surface area contributed by atoms with Crippen molar-refractivity contribution in [2.45, 2.75) is 47.1 Å². The van der Waals surface area contributed by atoms with Crippen molar-refractivity contribution < 1.29 is 9.15 Å². The van der Waals surface area contributed by atoms with Crippen LogP contribution in [-0.4, -0.2) is 16.6 Å². The van der Waals surface area contributed by atoms with Crippen LogP contribution in [0.2, 0.25) is 0 Å². The summed E-state index contributed by atoms with van der Waals surface area (Å²) in [4.78, 5) is 8.81. The van der Waals surface area contributed by atoms with Gasteiger partial charge in [0.05, 0.1) is 12.6 Å². The minimum absolute atomic E-state index is 0.0725. The second kappa shape index (κ2) is 6.61. The van der Waals surface area contributed by atoms with Gasteiger partial charge in [-0.2, -0.15) is 4.98 Å². The summed E-state index contributed by atoms with van der Waals surface area (Å²) >= 11 is 0. The quantitative estimate of drug-likeness (QED) is 0.872. The van der Waals surface area contributed by atoms with E-state index in [1.807, 2.05) is 32.9 Å². The lowest BCUT2D eigenvalue weighted by Crippen LogP contribution is -2.11. The number of hydrogen-bond donors (Lipinski definition) is 1. The molecule has 0 amide bonds. The number of nitrogens with one attached hydrogen (secondary N) is 1. The van der Waals surface area contributed by atoms with Crippen LogP contribution in [0.4, 0.5) is 5.95 Å². The smallest absolute Gasteiger partial charge is 0.226 e. The number of aryl methyl sites for hydroxylation is 3. The van der Waals surface area contributed by atoms with E-state index in [-0.39, 0.29) is 6.04 Å². The van der Waals surface area contributed by atoms with Gasteiger partial charge in [0.25, 0.3) is 0 Å². The van der Waals surface area contributed by atoms with Gasteiger partial charge in [-0.05, 0) is 40.2 Å². The average Bonchev–Trinajstić information content (AvgIpc) is 2.75. The molecular formula is C16H23N3O2. The third-order valence-corrected chi connectivity index (χ3v) is 3.18. The summed E-state index contributed by atoms with van der Waals surface area (Å²) in [5.41, 5.74) is 2.00. The molecule has 1 atom stereocenters. The van der Waals surface area contributed by atoms with Gasteiger partial charge in [-0.15, -0.1) is 0 Å². The number of rotatable bonds is 6. The van der Waals surface area contributed by atoms with Gasteiger partial charge in [0.2, 0.25) is 11.8 Å². The van der Waals surface area contributed by atoms with Crippen LogP contribution in [0.5, 0.6) is 5.88 Å². The Bertz CT molecular complexity index is 608. The summed E-state index contributed by atoms with van der Waals surface area (Å²) in [6.45, 7) is 10.6. The average molecular weight is 289 g/mol. The number of hydrogen-bond acceptors (Lipinski definition) is 5. The van der Waals surface area contributed by atoms with Crippen molar-refractivity contribution in [1.29, 1.82) is 0 Å². The Morgan fingerprint density at radius 1 is 1.24 bits per heavy atom. The molecule has 0 radical (unpaired) electrons. The van der Waals surface area contributed by atoms with Crippen LogP contribution in [0, 0.1) is 20.8 Å². The molecule has 2 rings (SSSR count). The molecule has 2 heterocycles. The second-order valence-corrected chi connectivity index (χ2v) is 5.25. The van der Waals surface area contributed by atoms with E-state index in [0.29, 0.717) is 18.4 Å². The molecule has 5 nitrogen and oxygen atoms in total. The monoisotopic (exact) mass is 289 g/mol. The number of anilines is 1. The number of aromatic nitrogens is 2. The van der Waals surface area contributed by atoms with Gasteiger partial charge in [-0.25, -0.2) is 4.98 Å². The molecule has 0 saturated heterocycles. The molecule has 0 fully saturated rings. The highest BCUT2D eigenvalue weighted by Gasteiger charge is 2.14. The zero-order valence-electron chi connectivity index (χ0n) is 13.4. The predicted octanol–water partition coefficient (Wildman–Crippen LogP) is 3.96. The van der Waals surface area contributed by atoms with Crippen molar-refractivity contribution in [1.82, 2.24) is 9.97 Å². The van der Waals surface area contributed by atoms with Crippen LogP contribution in [0.3, 0.4) is 0 Å². The van der Waals surface area contributed by atoms with E-state index in [2.05, 4.69) is 29.1 Å². The van der Waals surface area contributed by atoms with E-state index in [9.17, 15) is 0 Å². The third kappa shape index (κ3) is 3.97. The fourth-order valence-corrected chi connectivity index (χ4v) is 2.24. The standard InChI is InChI=1S/C16H23N3O2/c1-6-7-20-15-8-10(2)17-16(19-15)18-12(4)14-9-11(3)21-13(14)5/h8-9,12H,6-7H2,1-5H3,(H,17,18,19). The number of furan rings is 1. The largest absolute Gasteiger partial charge is 0.478 e. The fraction of sp³-hybridized carbons (Fsp3) is 0.500. The van der Waals surface area contributed by atoms with Crippen molar-refractivity contribution in [3.63, 3.8) is 0 Å². The maximum Gasteiger partial charge on any atom is 0.226 e. The molecule has 0 bridgehead atoms. The zero-order valence-corrected chi connectivity index (χ0v) is 13.4. The van der Waals surface area contributed by atoms with Gasteiger partial charge in [-0.3, -0.25) is 0 Å². The molecular weight excluding hydrogens is 266 g/mol. The van der Waals surface area contributed by atoms with Crippen LogP contribution in [-0.2, 0) is 0 Å². The Hall–Kier alpha value is -2.04. The first-order chi connectivity index (χ1) is 9.99. The highest BCUT2D eigenvalue weighted by molar-refractivity contribution is 5.36. The maximum atomic E-state index is 5.58. The number of nitrogens with zero attached hydrogens (tertiary/aromatic N) is 2. The van der Waals surface area contributed by atoms with Crippen LogP contribution in [0.15, 0.2) is 16.5 Å². The molecule has 0 aliphatic carbocycles. The van der Waals surface area contributed by atoms with E-state index in [1.54, 1.807) is 0 Å². The molecule has 0 aliphatic rings. The highest BCUT2D eigenvalue weighted by atomic mass is 16.5. The fourth-order valence-electron chi connectivity index (χ4n) is 2.24. The van der Waals surface area contributed by atoms with Gasteiger partial charge in [0, 0.05) is 17.3 Å². The lowest BCUT2D eigenvalue weighted by molar-refractivity contribution is 0.305. The molecule has 2 aromatic rings. The topological polar surface area (TPSA) is 60.2 Å². The SMILES string of the molecule is CCCOc1cc(C)nc(NC(C)c2cc(C)oc2C)n1. The maximum absolute atomic E-state index is 5.58. The molecule has 0 aliphatic heterocycles. The second-order valence-electron chi connectivity index (χ2n) is 5.25.